The van der Waals surface area contributed by atoms with Crippen LogP contribution in [-0.4, -0.2) is 25.0 Å². The average molecular weight is 315 g/mol. The van der Waals surface area contributed by atoms with E-state index in [1.807, 2.05) is 30.3 Å². The normalized spacial score (nSPS) is 11.6. The van der Waals surface area contributed by atoms with E-state index in [4.69, 9.17) is 11.1 Å². The van der Waals surface area contributed by atoms with Gasteiger partial charge in [0.15, 0.2) is 9.84 Å². The van der Waals surface area contributed by atoms with Crippen molar-refractivity contribution >= 4 is 21.7 Å². The van der Waals surface area contributed by atoms with Gasteiger partial charge in [0.05, 0.1) is 5.75 Å². The molecular weight excluding hydrogens is 298 g/mol. The Morgan fingerprint density at radius 3 is 2.50 bits per heavy atom. The number of aryl methyl sites for hydroxylation is 1. The minimum atomic E-state index is -3.28. The van der Waals surface area contributed by atoms with Crippen LogP contribution < -0.4 is 5.73 Å². The van der Waals surface area contributed by atoms with Gasteiger partial charge in [-0.25, -0.2) is 8.42 Å². The fraction of sp³-hybridized carbons (Fsp3) is 0.125. The minimum Gasteiger partial charge on any atom is -0.382 e. The number of amidine groups is 1. The molecule has 0 unspecified atom stereocenters. The molecule has 0 aliphatic heterocycles. The second-order valence-corrected chi connectivity index (χ2v) is 6.80. The zero-order valence-electron chi connectivity index (χ0n) is 11.9. The Balaban J connectivity index is 2.00. The first kappa shape index (κ1) is 15.9. The highest BCUT2D eigenvalue weighted by Crippen LogP contribution is 2.07. The van der Waals surface area contributed by atoms with Crippen molar-refractivity contribution < 1.29 is 8.42 Å². The lowest BCUT2D eigenvalue weighted by Crippen LogP contribution is -2.12. The number of benzene rings is 1. The molecule has 22 heavy (non-hydrogen) atoms. The largest absolute Gasteiger partial charge is 0.382 e. The summed E-state index contributed by atoms with van der Waals surface area (Å²) in [6, 6.07) is 12.7. The molecule has 2 aromatic rings. The molecule has 0 aliphatic rings. The number of nitrogen functional groups attached to an aromatic ring is 1. The maximum absolute atomic E-state index is 12.0. The molecule has 1 aromatic carbocycles. The molecule has 0 radical (unpaired) electrons. The van der Waals surface area contributed by atoms with Crippen LogP contribution in [0.2, 0.25) is 0 Å². The lowest BCUT2D eigenvalue weighted by Gasteiger charge is -2.01. The van der Waals surface area contributed by atoms with Crippen LogP contribution in [0.4, 0.5) is 0 Å². The summed E-state index contributed by atoms with van der Waals surface area (Å²) in [7, 11) is -3.28. The summed E-state index contributed by atoms with van der Waals surface area (Å²) in [5.41, 5.74) is 7.31. The van der Waals surface area contributed by atoms with Crippen molar-refractivity contribution in [2.24, 2.45) is 5.73 Å². The number of sulfone groups is 1. The van der Waals surface area contributed by atoms with Gasteiger partial charge in [0.2, 0.25) is 0 Å². The number of hydrogen-bond acceptors (Lipinski definition) is 4. The van der Waals surface area contributed by atoms with E-state index in [9.17, 15) is 8.42 Å². The van der Waals surface area contributed by atoms with Gasteiger partial charge in [-0.3, -0.25) is 10.4 Å². The van der Waals surface area contributed by atoms with Crippen LogP contribution in [0, 0.1) is 5.41 Å². The summed E-state index contributed by atoms with van der Waals surface area (Å²) in [6.07, 6.45) is 3.46. The zero-order chi connectivity index (χ0) is 16.0. The lowest BCUT2D eigenvalue weighted by atomic mass is 10.2. The zero-order valence-corrected chi connectivity index (χ0v) is 12.8. The monoisotopic (exact) mass is 315 g/mol. The maximum Gasteiger partial charge on any atom is 0.171 e. The van der Waals surface area contributed by atoms with Crippen molar-refractivity contribution in [2.45, 2.75) is 6.42 Å². The van der Waals surface area contributed by atoms with Gasteiger partial charge in [-0.15, -0.1) is 0 Å². The highest BCUT2D eigenvalue weighted by atomic mass is 32.2. The number of nitrogens with two attached hydrogens (primary N) is 1. The summed E-state index contributed by atoms with van der Waals surface area (Å²) in [6.45, 7) is 0. The standard InChI is InChI=1S/C16H17N3O2S/c17-16(18)15-7-6-14(12-19-15)9-11-22(20,21)10-8-13-4-2-1-3-5-13/h1-7,9,11-12H,8,10H2,(H3,17,18). The van der Waals surface area contributed by atoms with Crippen LogP contribution >= 0.6 is 0 Å². The Morgan fingerprint density at radius 1 is 1.18 bits per heavy atom. The van der Waals surface area contributed by atoms with Crippen LogP contribution in [0.3, 0.4) is 0 Å². The number of nitrogens with zero attached hydrogens (tertiary/aromatic N) is 1. The molecular formula is C16H17N3O2S. The summed E-state index contributed by atoms with van der Waals surface area (Å²) in [4.78, 5) is 3.98. The van der Waals surface area contributed by atoms with Crippen LogP contribution in [0.5, 0.6) is 0 Å². The molecule has 0 spiro atoms. The summed E-state index contributed by atoms with van der Waals surface area (Å²) < 4.78 is 24.0. The molecule has 2 rings (SSSR count). The van der Waals surface area contributed by atoms with E-state index in [-0.39, 0.29) is 11.6 Å². The second-order valence-electron chi connectivity index (χ2n) is 4.80. The van der Waals surface area contributed by atoms with Gasteiger partial charge in [-0.05, 0) is 29.7 Å². The van der Waals surface area contributed by atoms with Crippen molar-refractivity contribution in [3.63, 3.8) is 0 Å². The van der Waals surface area contributed by atoms with Crippen molar-refractivity contribution in [3.8, 4) is 0 Å². The molecule has 0 atom stereocenters. The number of nitrogens with one attached hydrogen (secondary N) is 1. The Hall–Kier alpha value is -2.47. The van der Waals surface area contributed by atoms with E-state index < -0.39 is 9.84 Å². The fourth-order valence-corrected chi connectivity index (χ4v) is 2.84. The van der Waals surface area contributed by atoms with Crippen LogP contribution in [0.25, 0.3) is 6.08 Å². The first-order chi connectivity index (χ1) is 10.5. The molecule has 6 heteroatoms. The Labute approximate surface area is 129 Å². The molecule has 3 N–H and O–H groups in total. The van der Waals surface area contributed by atoms with Gasteiger partial charge >= 0.3 is 0 Å². The molecule has 0 aliphatic carbocycles. The van der Waals surface area contributed by atoms with Crippen molar-refractivity contribution in [2.75, 3.05) is 5.75 Å². The third-order valence-corrected chi connectivity index (χ3v) is 4.37. The maximum atomic E-state index is 12.0. The van der Waals surface area contributed by atoms with Gasteiger partial charge in [0.25, 0.3) is 0 Å². The molecule has 0 saturated heterocycles. The van der Waals surface area contributed by atoms with E-state index in [1.165, 1.54) is 17.7 Å². The molecule has 114 valence electrons. The number of aromatic nitrogens is 1. The quantitative estimate of drug-likeness (QED) is 0.629. The van der Waals surface area contributed by atoms with Gasteiger partial charge < -0.3 is 5.73 Å². The van der Waals surface area contributed by atoms with E-state index in [0.717, 1.165) is 5.56 Å². The SMILES string of the molecule is N=C(N)c1ccc(C=CS(=O)(=O)CCc2ccccc2)cn1. The fourth-order valence-electron chi connectivity index (χ4n) is 1.82. The van der Waals surface area contributed by atoms with Gasteiger partial charge in [0.1, 0.15) is 11.5 Å². The number of hydrogen-bond donors (Lipinski definition) is 2. The smallest absolute Gasteiger partial charge is 0.171 e. The van der Waals surface area contributed by atoms with Gasteiger partial charge in [-0.1, -0.05) is 36.4 Å². The Kier molecular flexibility index (Phi) is 5.06. The van der Waals surface area contributed by atoms with Crippen LogP contribution in [0.1, 0.15) is 16.8 Å². The molecule has 1 heterocycles. The summed E-state index contributed by atoms with van der Waals surface area (Å²) in [5, 5.41) is 8.44. The first-order valence-electron chi connectivity index (χ1n) is 6.71. The van der Waals surface area contributed by atoms with Crippen molar-refractivity contribution in [1.29, 1.82) is 5.41 Å². The topological polar surface area (TPSA) is 96.9 Å². The van der Waals surface area contributed by atoms with Gasteiger partial charge in [0, 0.05) is 11.6 Å². The Morgan fingerprint density at radius 2 is 1.91 bits per heavy atom. The predicted octanol–water partition coefficient (Wildman–Crippen LogP) is 1.99. The third-order valence-electron chi connectivity index (χ3n) is 3.05. The highest BCUT2D eigenvalue weighted by Gasteiger charge is 2.06. The average Bonchev–Trinajstić information content (AvgIpc) is 2.53. The lowest BCUT2D eigenvalue weighted by molar-refractivity contribution is 0.604. The summed E-state index contributed by atoms with van der Waals surface area (Å²) >= 11 is 0. The highest BCUT2D eigenvalue weighted by molar-refractivity contribution is 7.94. The number of rotatable bonds is 6. The molecule has 5 nitrogen and oxygen atoms in total. The van der Waals surface area contributed by atoms with Crippen LogP contribution in [-0.2, 0) is 16.3 Å². The first-order valence-corrected chi connectivity index (χ1v) is 8.43. The van der Waals surface area contributed by atoms with E-state index in [0.29, 0.717) is 17.7 Å². The molecule has 0 fully saturated rings. The van der Waals surface area contributed by atoms with Crippen molar-refractivity contribution in [3.05, 3.63) is 70.9 Å². The van der Waals surface area contributed by atoms with Crippen molar-refractivity contribution in [1.82, 2.24) is 4.98 Å². The predicted molar refractivity (Wildman–Crippen MR) is 88.2 cm³/mol. The summed E-state index contributed by atoms with van der Waals surface area (Å²) in [5.74, 6) is -0.0575. The molecule has 0 bridgehead atoms. The Bertz CT molecular complexity index is 767. The molecule has 1 aromatic heterocycles. The minimum absolute atomic E-state index is 0.0620. The van der Waals surface area contributed by atoms with E-state index >= 15 is 0 Å². The van der Waals surface area contributed by atoms with Crippen LogP contribution in [0.15, 0.2) is 54.1 Å². The second kappa shape index (κ2) is 7.00. The molecule has 0 saturated carbocycles. The van der Waals surface area contributed by atoms with E-state index in [2.05, 4.69) is 4.98 Å². The number of pyridine rings is 1. The van der Waals surface area contributed by atoms with E-state index in [1.54, 1.807) is 12.1 Å². The van der Waals surface area contributed by atoms with Gasteiger partial charge in [-0.2, -0.15) is 0 Å². The molecule has 0 amide bonds. The third kappa shape index (κ3) is 4.82.